The molecule has 0 saturated carbocycles. The van der Waals surface area contributed by atoms with Gasteiger partial charge in [-0.05, 0) is 49.2 Å². The zero-order valence-electron chi connectivity index (χ0n) is 14.0. The molecule has 3 amide bonds. The van der Waals surface area contributed by atoms with Crippen molar-refractivity contribution in [1.29, 1.82) is 0 Å². The largest absolute Gasteiger partial charge is 0.307 e. The van der Waals surface area contributed by atoms with Gasteiger partial charge in [-0.25, -0.2) is 4.98 Å². The van der Waals surface area contributed by atoms with E-state index in [1.165, 1.54) is 4.90 Å². The molecular weight excluding hydrogens is 330 g/mol. The van der Waals surface area contributed by atoms with Crippen molar-refractivity contribution in [2.75, 3.05) is 10.2 Å². The maximum absolute atomic E-state index is 12.6. The Morgan fingerprint density at radius 1 is 0.962 bits per heavy atom. The number of benzene rings is 1. The molecule has 6 heteroatoms. The van der Waals surface area contributed by atoms with Gasteiger partial charge in [0.05, 0.1) is 17.5 Å². The van der Waals surface area contributed by atoms with E-state index in [0.29, 0.717) is 29.9 Å². The normalized spacial score (nSPS) is 21.6. The molecule has 1 aliphatic heterocycles. The Hall–Kier alpha value is -3.28. The third-order valence-electron chi connectivity index (χ3n) is 4.80. The molecule has 2 atom stereocenters. The lowest BCUT2D eigenvalue weighted by atomic mass is 9.85. The van der Waals surface area contributed by atoms with Gasteiger partial charge < -0.3 is 5.32 Å². The highest BCUT2D eigenvalue weighted by molar-refractivity contribution is 6.22. The lowest BCUT2D eigenvalue weighted by molar-refractivity contribution is -0.122. The molecule has 0 spiro atoms. The number of nitrogens with zero attached hydrogens (tertiary/aromatic N) is 2. The summed E-state index contributed by atoms with van der Waals surface area (Å²) in [6, 6.07) is 11.7. The van der Waals surface area contributed by atoms with Gasteiger partial charge in [-0.3, -0.25) is 19.3 Å². The van der Waals surface area contributed by atoms with E-state index in [1.807, 2.05) is 12.2 Å². The Morgan fingerprint density at radius 2 is 1.62 bits per heavy atom. The van der Waals surface area contributed by atoms with Crippen LogP contribution in [-0.4, -0.2) is 22.7 Å². The highest BCUT2D eigenvalue weighted by Gasteiger charge is 2.47. The number of hydrogen-bond acceptors (Lipinski definition) is 4. The van der Waals surface area contributed by atoms with Gasteiger partial charge in [0.25, 0.3) is 5.91 Å². The van der Waals surface area contributed by atoms with Gasteiger partial charge >= 0.3 is 0 Å². The van der Waals surface area contributed by atoms with Crippen LogP contribution in [0.2, 0.25) is 0 Å². The van der Waals surface area contributed by atoms with Crippen molar-refractivity contribution in [3.8, 4) is 0 Å². The second-order valence-electron chi connectivity index (χ2n) is 6.38. The predicted octanol–water partition coefficient (Wildman–Crippen LogP) is 2.79. The van der Waals surface area contributed by atoms with E-state index in [2.05, 4.69) is 10.3 Å². The Morgan fingerprint density at radius 3 is 2.19 bits per heavy atom. The summed E-state index contributed by atoms with van der Waals surface area (Å²) in [6.45, 7) is 0. The van der Waals surface area contributed by atoms with E-state index in [-0.39, 0.29) is 29.6 Å². The second kappa shape index (κ2) is 6.55. The fourth-order valence-corrected chi connectivity index (χ4v) is 3.44. The van der Waals surface area contributed by atoms with Crippen LogP contribution in [0, 0.1) is 11.8 Å². The number of pyridine rings is 1. The van der Waals surface area contributed by atoms with E-state index in [1.54, 1.807) is 48.7 Å². The summed E-state index contributed by atoms with van der Waals surface area (Å²) < 4.78 is 0. The van der Waals surface area contributed by atoms with Crippen LogP contribution in [-0.2, 0) is 9.59 Å². The van der Waals surface area contributed by atoms with E-state index in [0.717, 1.165) is 0 Å². The number of fused-ring (bicyclic) bond motifs is 1. The number of carbonyl (C=O) groups is 3. The Kier molecular flexibility index (Phi) is 4.08. The van der Waals surface area contributed by atoms with Crippen molar-refractivity contribution < 1.29 is 14.4 Å². The van der Waals surface area contributed by atoms with E-state index in [9.17, 15) is 14.4 Å². The van der Waals surface area contributed by atoms with Crippen molar-refractivity contribution in [1.82, 2.24) is 4.98 Å². The predicted molar refractivity (Wildman–Crippen MR) is 96.5 cm³/mol. The highest BCUT2D eigenvalue weighted by Crippen LogP contribution is 2.37. The first-order valence-electron chi connectivity index (χ1n) is 8.50. The van der Waals surface area contributed by atoms with Crippen LogP contribution < -0.4 is 10.2 Å². The third-order valence-corrected chi connectivity index (χ3v) is 4.80. The average Bonchev–Trinajstić information content (AvgIpc) is 2.94. The molecule has 1 aromatic carbocycles. The minimum Gasteiger partial charge on any atom is -0.307 e. The van der Waals surface area contributed by atoms with E-state index in [4.69, 9.17) is 0 Å². The first-order chi connectivity index (χ1) is 12.6. The van der Waals surface area contributed by atoms with E-state index < -0.39 is 0 Å². The zero-order valence-corrected chi connectivity index (χ0v) is 14.0. The number of allylic oxidation sites excluding steroid dienone is 2. The maximum atomic E-state index is 12.6. The fraction of sp³-hybridized carbons (Fsp3) is 0.200. The molecule has 2 aliphatic rings. The van der Waals surface area contributed by atoms with Crippen molar-refractivity contribution in [3.63, 3.8) is 0 Å². The molecule has 1 N–H and O–H groups in total. The topological polar surface area (TPSA) is 79.4 Å². The summed E-state index contributed by atoms with van der Waals surface area (Å²) in [4.78, 5) is 42.8. The van der Waals surface area contributed by atoms with Gasteiger partial charge in [-0.1, -0.05) is 18.2 Å². The van der Waals surface area contributed by atoms with Crippen LogP contribution >= 0.6 is 0 Å². The van der Waals surface area contributed by atoms with Gasteiger partial charge in [0, 0.05) is 11.8 Å². The molecule has 26 heavy (non-hydrogen) atoms. The van der Waals surface area contributed by atoms with Gasteiger partial charge in [0.1, 0.15) is 5.82 Å². The van der Waals surface area contributed by atoms with E-state index >= 15 is 0 Å². The number of aromatic nitrogens is 1. The molecule has 1 fully saturated rings. The Bertz CT molecular complexity index is 864. The SMILES string of the molecule is O=C(Nc1ccccn1)c1ccc(N2C(=O)C3CC=CCC3C2=O)cc1. The lowest BCUT2D eigenvalue weighted by Crippen LogP contribution is -2.30. The summed E-state index contributed by atoms with van der Waals surface area (Å²) in [5, 5.41) is 2.70. The van der Waals surface area contributed by atoms with Gasteiger partial charge in [-0.15, -0.1) is 0 Å². The van der Waals surface area contributed by atoms with Crippen molar-refractivity contribution in [2.45, 2.75) is 12.8 Å². The minimum atomic E-state index is -0.299. The average molecular weight is 347 g/mol. The van der Waals surface area contributed by atoms with Crippen LogP contribution in [0.5, 0.6) is 0 Å². The number of amides is 3. The summed E-state index contributed by atoms with van der Waals surface area (Å²) in [7, 11) is 0. The van der Waals surface area contributed by atoms with Crippen molar-refractivity contribution in [3.05, 3.63) is 66.4 Å². The quantitative estimate of drug-likeness (QED) is 0.684. The molecular formula is C20H17N3O3. The number of carbonyl (C=O) groups excluding carboxylic acids is 3. The number of imide groups is 1. The molecule has 1 aliphatic carbocycles. The molecule has 6 nitrogen and oxygen atoms in total. The standard InChI is InChI=1S/C20H17N3O3/c24-18(22-17-7-3-4-12-21-17)13-8-10-14(11-9-13)23-19(25)15-5-1-2-6-16(15)20(23)26/h1-4,7-12,15-16H,5-6H2,(H,21,22,24). The Labute approximate surface area is 150 Å². The molecule has 1 aromatic heterocycles. The molecule has 2 heterocycles. The van der Waals surface area contributed by atoms with Crippen LogP contribution in [0.4, 0.5) is 11.5 Å². The first kappa shape index (κ1) is 16.2. The van der Waals surface area contributed by atoms with Crippen LogP contribution in [0.1, 0.15) is 23.2 Å². The molecule has 130 valence electrons. The number of rotatable bonds is 3. The molecule has 0 bridgehead atoms. The lowest BCUT2D eigenvalue weighted by Gasteiger charge is -2.15. The molecule has 1 saturated heterocycles. The number of hydrogen-bond donors (Lipinski definition) is 1. The van der Waals surface area contributed by atoms with Crippen LogP contribution in [0.15, 0.2) is 60.8 Å². The summed E-state index contributed by atoms with van der Waals surface area (Å²) >= 11 is 0. The summed E-state index contributed by atoms with van der Waals surface area (Å²) in [5.41, 5.74) is 0.932. The van der Waals surface area contributed by atoms with Gasteiger partial charge in [0.15, 0.2) is 0 Å². The summed E-state index contributed by atoms with van der Waals surface area (Å²) in [5.74, 6) is -0.681. The second-order valence-corrected chi connectivity index (χ2v) is 6.38. The monoisotopic (exact) mass is 347 g/mol. The minimum absolute atomic E-state index is 0.157. The highest BCUT2D eigenvalue weighted by atomic mass is 16.2. The first-order valence-corrected chi connectivity index (χ1v) is 8.50. The molecule has 4 rings (SSSR count). The third kappa shape index (κ3) is 2.79. The summed E-state index contributed by atoms with van der Waals surface area (Å²) in [6.07, 6.45) is 6.73. The maximum Gasteiger partial charge on any atom is 0.256 e. The molecule has 2 unspecified atom stereocenters. The fourth-order valence-electron chi connectivity index (χ4n) is 3.44. The smallest absolute Gasteiger partial charge is 0.256 e. The van der Waals surface area contributed by atoms with Crippen LogP contribution in [0.25, 0.3) is 0 Å². The Balaban J connectivity index is 1.52. The van der Waals surface area contributed by atoms with Crippen molar-refractivity contribution in [2.24, 2.45) is 11.8 Å². The van der Waals surface area contributed by atoms with Gasteiger partial charge in [-0.2, -0.15) is 0 Å². The molecule has 0 radical (unpaired) electrons. The molecule has 2 aromatic rings. The number of anilines is 2. The van der Waals surface area contributed by atoms with Crippen molar-refractivity contribution >= 4 is 29.2 Å². The number of nitrogens with one attached hydrogen (secondary N) is 1. The van der Waals surface area contributed by atoms with Gasteiger partial charge in [0.2, 0.25) is 11.8 Å². The zero-order chi connectivity index (χ0) is 18.1. The van der Waals surface area contributed by atoms with Crippen LogP contribution in [0.3, 0.4) is 0 Å².